The van der Waals surface area contributed by atoms with Gasteiger partial charge in [0.05, 0.1) is 6.61 Å². The van der Waals surface area contributed by atoms with Crippen LogP contribution in [0.4, 0.5) is 0 Å². The summed E-state index contributed by atoms with van der Waals surface area (Å²) in [4.78, 5) is 1.33. The summed E-state index contributed by atoms with van der Waals surface area (Å²) in [5, 5.41) is 4.60. The molecule has 4 nitrogen and oxygen atoms in total. The molecule has 1 aromatic heterocycles. The molecule has 0 bridgehead atoms. The van der Waals surface area contributed by atoms with Crippen molar-refractivity contribution in [3.8, 4) is 11.5 Å². The predicted octanol–water partition coefficient (Wildman–Crippen LogP) is 2.93. The van der Waals surface area contributed by atoms with E-state index in [0.29, 0.717) is 19.8 Å². The van der Waals surface area contributed by atoms with E-state index in [1.54, 1.807) is 18.4 Å². The van der Waals surface area contributed by atoms with Crippen LogP contribution in [0.1, 0.15) is 17.4 Å². The van der Waals surface area contributed by atoms with Crippen LogP contribution in [-0.2, 0) is 17.9 Å². The minimum absolute atomic E-state index is 0.618. The average Bonchev–Trinajstić information content (AvgIpc) is 2.80. The fourth-order valence-corrected chi connectivity index (χ4v) is 3.61. The number of nitrogens with one attached hydrogen (secondary N) is 1. The first-order chi connectivity index (χ1) is 9.83. The molecule has 0 spiro atoms. The lowest BCUT2D eigenvalue weighted by Gasteiger charge is -2.18. The van der Waals surface area contributed by atoms with Crippen molar-refractivity contribution in [1.82, 2.24) is 5.32 Å². The smallest absolute Gasteiger partial charge is 0.162 e. The first-order valence-corrected chi connectivity index (χ1v) is 7.68. The van der Waals surface area contributed by atoms with Crippen LogP contribution >= 0.6 is 11.3 Å². The van der Waals surface area contributed by atoms with E-state index in [2.05, 4.69) is 24.4 Å². The van der Waals surface area contributed by atoms with Crippen molar-refractivity contribution in [1.29, 1.82) is 0 Å². The van der Waals surface area contributed by atoms with E-state index in [1.165, 1.54) is 20.5 Å². The number of rotatable bonds is 5. The Morgan fingerprint density at radius 3 is 2.70 bits per heavy atom. The Bertz CT molecular complexity index is 609. The third-order valence-electron chi connectivity index (χ3n) is 3.36. The van der Waals surface area contributed by atoms with E-state index in [-0.39, 0.29) is 0 Å². The maximum Gasteiger partial charge on any atom is 0.162 e. The van der Waals surface area contributed by atoms with Crippen molar-refractivity contribution in [3.63, 3.8) is 0 Å². The summed E-state index contributed by atoms with van der Waals surface area (Å²) in [6, 6.07) is 4.17. The Kier molecular flexibility index (Phi) is 4.10. The highest BCUT2D eigenvalue weighted by Crippen LogP contribution is 2.40. The average molecular weight is 293 g/mol. The molecule has 0 atom stereocenters. The molecule has 108 valence electrons. The van der Waals surface area contributed by atoms with Gasteiger partial charge < -0.3 is 19.5 Å². The van der Waals surface area contributed by atoms with E-state index in [0.717, 1.165) is 24.6 Å². The quantitative estimate of drug-likeness (QED) is 0.920. The lowest BCUT2D eigenvalue weighted by Crippen LogP contribution is -2.15. The van der Waals surface area contributed by atoms with Crippen LogP contribution < -0.4 is 14.8 Å². The van der Waals surface area contributed by atoms with E-state index in [9.17, 15) is 0 Å². The molecule has 0 amide bonds. The molecule has 2 heterocycles. The topological polar surface area (TPSA) is 39.7 Å². The van der Waals surface area contributed by atoms with E-state index >= 15 is 0 Å². The van der Waals surface area contributed by atoms with Gasteiger partial charge >= 0.3 is 0 Å². The SMILES string of the molecule is CCNCc1sc2cc3c(cc2c1COC)OCCO3. The van der Waals surface area contributed by atoms with Gasteiger partial charge in [0.15, 0.2) is 11.5 Å². The summed E-state index contributed by atoms with van der Waals surface area (Å²) in [6.07, 6.45) is 0. The fourth-order valence-electron chi connectivity index (χ4n) is 2.42. The van der Waals surface area contributed by atoms with Gasteiger partial charge in [-0.1, -0.05) is 6.92 Å². The van der Waals surface area contributed by atoms with Gasteiger partial charge in [0.2, 0.25) is 0 Å². The van der Waals surface area contributed by atoms with Crippen LogP contribution in [0.3, 0.4) is 0 Å². The lowest BCUT2D eigenvalue weighted by atomic mass is 10.1. The maximum absolute atomic E-state index is 5.68. The van der Waals surface area contributed by atoms with Crippen molar-refractivity contribution >= 4 is 21.4 Å². The lowest BCUT2D eigenvalue weighted by molar-refractivity contribution is 0.172. The molecule has 20 heavy (non-hydrogen) atoms. The Morgan fingerprint density at radius 2 is 2.00 bits per heavy atom. The zero-order chi connectivity index (χ0) is 13.9. The molecule has 0 unspecified atom stereocenters. The van der Waals surface area contributed by atoms with E-state index < -0.39 is 0 Å². The second-order valence-electron chi connectivity index (χ2n) is 4.71. The summed E-state index contributed by atoms with van der Waals surface area (Å²) in [6.45, 7) is 5.82. The number of fused-ring (bicyclic) bond motifs is 2. The molecule has 0 saturated carbocycles. The second-order valence-corrected chi connectivity index (χ2v) is 5.85. The van der Waals surface area contributed by atoms with Crippen molar-refractivity contribution in [2.75, 3.05) is 26.9 Å². The Morgan fingerprint density at radius 1 is 1.25 bits per heavy atom. The standard InChI is InChI=1S/C15H19NO3S/c1-3-16-8-15-11(9-17-2)10-6-12-13(7-14(10)20-15)19-5-4-18-12/h6-7,16H,3-5,8-9H2,1-2H3. The molecule has 0 radical (unpaired) electrons. The number of thiophene rings is 1. The van der Waals surface area contributed by atoms with Gasteiger partial charge in [-0.25, -0.2) is 0 Å². The maximum atomic E-state index is 5.68. The van der Waals surface area contributed by atoms with E-state index in [4.69, 9.17) is 14.2 Å². The van der Waals surface area contributed by atoms with Crippen molar-refractivity contribution in [3.05, 3.63) is 22.6 Å². The molecule has 0 saturated heterocycles. The Labute approximate surface area is 122 Å². The van der Waals surface area contributed by atoms with Crippen LogP contribution in [0, 0.1) is 0 Å². The summed E-state index contributed by atoms with van der Waals surface area (Å²) in [7, 11) is 1.73. The number of methoxy groups -OCH3 is 1. The summed E-state index contributed by atoms with van der Waals surface area (Å²) in [5.41, 5.74) is 1.26. The third-order valence-corrected chi connectivity index (χ3v) is 4.56. The minimum Gasteiger partial charge on any atom is -0.486 e. The van der Waals surface area contributed by atoms with Gasteiger partial charge in [-0.3, -0.25) is 0 Å². The molecule has 1 aromatic carbocycles. The van der Waals surface area contributed by atoms with Crippen LogP contribution in [0.15, 0.2) is 12.1 Å². The van der Waals surface area contributed by atoms with Gasteiger partial charge in [-0.2, -0.15) is 0 Å². The van der Waals surface area contributed by atoms with E-state index in [1.807, 2.05) is 0 Å². The molecule has 2 aromatic rings. The number of ether oxygens (including phenoxy) is 3. The summed E-state index contributed by atoms with van der Waals surface area (Å²) < 4.78 is 17.9. The fraction of sp³-hybridized carbons (Fsp3) is 0.467. The zero-order valence-electron chi connectivity index (χ0n) is 11.8. The van der Waals surface area contributed by atoms with Crippen molar-refractivity contribution in [2.24, 2.45) is 0 Å². The number of hydrogen-bond acceptors (Lipinski definition) is 5. The van der Waals surface area contributed by atoms with Crippen LogP contribution in [0.2, 0.25) is 0 Å². The van der Waals surface area contributed by atoms with Gasteiger partial charge in [0, 0.05) is 40.2 Å². The van der Waals surface area contributed by atoms with Crippen molar-refractivity contribution < 1.29 is 14.2 Å². The largest absolute Gasteiger partial charge is 0.486 e. The van der Waals surface area contributed by atoms with Gasteiger partial charge in [-0.15, -0.1) is 11.3 Å². The molecule has 5 heteroatoms. The first kappa shape index (κ1) is 13.7. The monoisotopic (exact) mass is 293 g/mol. The van der Waals surface area contributed by atoms with Crippen LogP contribution in [0.25, 0.3) is 10.1 Å². The number of benzene rings is 1. The normalized spacial score (nSPS) is 13.9. The molecule has 0 fully saturated rings. The van der Waals surface area contributed by atoms with Crippen LogP contribution in [0.5, 0.6) is 11.5 Å². The second kappa shape index (κ2) is 5.99. The Balaban J connectivity index is 2.07. The molecule has 1 aliphatic heterocycles. The predicted molar refractivity (Wildman–Crippen MR) is 80.9 cm³/mol. The molecular weight excluding hydrogens is 274 g/mol. The zero-order valence-corrected chi connectivity index (χ0v) is 12.6. The van der Waals surface area contributed by atoms with Crippen LogP contribution in [-0.4, -0.2) is 26.9 Å². The highest BCUT2D eigenvalue weighted by atomic mass is 32.1. The highest BCUT2D eigenvalue weighted by Gasteiger charge is 2.18. The van der Waals surface area contributed by atoms with Gasteiger partial charge in [0.25, 0.3) is 0 Å². The van der Waals surface area contributed by atoms with Crippen molar-refractivity contribution in [2.45, 2.75) is 20.1 Å². The number of hydrogen-bond donors (Lipinski definition) is 1. The van der Waals surface area contributed by atoms with Gasteiger partial charge in [0.1, 0.15) is 13.2 Å². The summed E-state index contributed by atoms with van der Waals surface area (Å²) in [5.74, 6) is 1.69. The highest BCUT2D eigenvalue weighted by molar-refractivity contribution is 7.19. The third kappa shape index (κ3) is 2.49. The van der Waals surface area contributed by atoms with Gasteiger partial charge in [-0.05, 0) is 12.6 Å². The summed E-state index contributed by atoms with van der Waals surface area (Å²) >= 11 is 1.80. The first-order valence-electron chi connectivity index (χ1n) is 6.87. The molecule has 0 aliphatic carbocycles. The molecular formula is C15H19NO3S. The molecule has 3 rings (SSSR count). The Hall–Kier alpha value is -1.30. The molecule has 1 N–H and O–H groups in total. The minimum atomic E-state index is 0.618. The molecule has 1 aliphatic rings.